The lowest BCUT2D eigenvalue weighted by Gasteiger charge is -2.13. The zero-order valence-electron chi connectivity index (χ0n) is 10.3. The number of nitrogens with two attached hydrogens (primary N) is 1. The molecule has 1 aromatic carbocycles. The van der Waals surface area contributed by atoms with Gasteiger partial charge in [-0.15, -0.1) is 0 Å². The Hall–Kier alpha value is -1.38. The molecule has 1 heterocycles. The summed E-state index contributed by atoms with van der Waals surface area (Å²) in [6.07, 6.45) is 0.881. The summed E-state index contributed by atoms with van der Waals surface area (Å²) in [7, 11) is -4.08. The predicted molar refractivity (Wildman–Crippen MR) is 72.2 cm³/mol. The molecule has 110 valence electrons. The van der Waals surface area contributed by atoms with E-state index in [2.05, 4.69) is 10.0 Å². The van der Waals surface area contributed by atoms with E-state index in [0.717, 1.165) is 12.1 Å². The van der Waals surface area contributed by atoms with E-state index in [1.165, 1.54) is 0 Å². The zero-order valence-corrected chi connectivity index (χ0v) is 11.9. The number of anilines is 1. The summed E-state index contributed by atoms with van der Waals surface area (Å²) in [5.41, 5.74) is 5.51. The molecule has 0 saturated carbocycles. The average molecular weight is 322 g/mol. The number of hydrogen-bond acceptors (Lipinski definition) is 4. The average Bonchev–Trinajstić information content (AvgIpc) is 2.77. The SMILES string of the molecule is Nc1cc(Cl)c(F)c(S(=O)(=O)NCC2CCC(=O)N2)c1. The number of carbonyl (C=O) groups excluding carboxylic acids is 1. The van der Waals surface area contributed by atoms with Gasteiger partial charge in [-0.2, -0.15) is 0 Å². The molecule has 1 fully saturated rings. The van der Waals surface area contributed by atoms with Gasteiger partial charge < -0.3 is 11.1 Å². The third kappa shape index (κ3) is 3.20. The van der Waals surface area contributed by atoms with Gasteiger partial charge in [0.1, 0.15) is 4.90 Å². The summed E-state index contributed by atoms with van der Waals surface area (Å²) >= 11 is 5.57. The quantitative estimate of drug-likeness (QED) is 0.707. The molecule has 2 rings (SSSR count). The van der Waals surface area contributed by atoms with Crippen molar-refractivity contribution in [3.63, 3.8) is 0 Å². The van der Waals surface area contributed by atoms with Gasteiger partial charge >= 0.3 is 0 Å². The van der Waals surface area contributed by atoms with Gasteiger partial charge in [0.05, 0.1) is 5.02 Å². The Balaban J connectivity index is 2.16. The molecule has 0 radical (unpaired) electrons. The van der Waals surface area contributed by atoms with Crippen molar-refractivity contribution in [3.05, 3.63) is 23.0 Å². The van der Waals surface area contributed by atoms with Crippen LogP contribution in [0.15, 0.2) is 17.0 Å². The van der Waals surface area contributed by atoms with Crippen LogP contribution in [0.3, 0.4) is 0 Å². The van der Waals surface area contributed by atoms with Crippen LogP contribution in [0.4, 0.5) is 10.1 Å². The van der Waals surface area contributed by atoms with Crippen LogP contribution in [-0.2, 0) is 14.8 Å². The first-order valence-corrected chi connectivity index (χ1v) is 7.69. The summed E-state index contributed by atoms with van der Waals surface area (Å²) in [5.74, 6) is -1.18. The van der Waals surface area contributed by atoms with Crippen molar-refractivity contribution in [2.24, 2.45) is 0 Å². The lowest BCUT2D eigenvalue weighted by atomic mass is 10.2. The van der Waals surface area contributed by atoms with Crippen LogP contribution >= 0.6 is 11.6 Å². The van der Waals surface area contributed by atoms with E-state index in [1.807, 2.05) is 0 Å². The number of nitrogens with one attached hydrogen (secondary N) is 2. The van der Waals surface area contributed by atoms with Crippen LogP contribution < -0.4 is 15.8 Å². The second-order valence-electron chi connectivity index (χ2n) is 4.47. The molecule has 0 aliphatic carbocycles. The monoisotopic (exact) mass is 321 g/mol. The highest BCUT2D eigenvalue weighted by atomic mass is 35.5. The number of halogens is 2. The summed E-state index contributed by atoms with van der Waals surface area (Å²) in [6, 6.07) is 1.83. The maximum atomic E-state index is 13.8. The zero-order chi connectivity index (χ0) is 14.9. The highest BCUT2D eigenvalue weighted by Gasteiger charge is 2.26. The van der Waals surface area contributed by atoms with E-state index in [-0.39, 0.29) is 29.2 Å². The van der Waals surface area contributed by atoms with Gasteiger partial charge in [-0.1, -0.05) is 11.6 Å². The molecular formula is C11H13ClFN3O3S. The molecule has 1 unspecified atom stereocenters. The Morgan fingerprint density at radius 1 is 1.50 bits per heavy atom. The van der Waals surface area contributed by atoms with E-state index in [1.54, 1.807) is 0 Å². The van der Waals surface area contributed by atoms with E-state index in [0.29, 0.717) is 12.8 Å². The van der Waals surface area contributed by atoms with E-state index >= 15 is 0 Å². The molecule has 1 aliphatic rings. The molecular weight excluding hydrogens is 309 g/mol. The Morgan fingerprint density at radius 2 is 2.20 bits per heavy atom. The van der Waals surface area contributed by atoms with Crippen LogP contribution in [0.25, 0.3) is 0 Å². The summed E-state index contributed by atoms with van der Waals surface area (Å²) < 4.78 is 40.0. The molecule has 1 atom stereocenters. The number of carbonyl (C=O) groups is 1. The number of hydrogen-bond donors (Lipinski definition) is 3. The van der Waals surface area contributed by atoms with Gasteiger partial charge in [-0.3, -0.25) is 4.79 Å². The van der Waals surface area contributed by atoms with Gasteiger partial charge in [-0.25, -0.2) is 17.5 Å². The maximum Gasteiger partial charge on any atom is 0.243 e. The van der Waals surface area contributed by atoms with Crippen LogP contribution in [0, 0.1) is 5.82 Å². The molecule has 20 heavy (non-hydrogen) atoms. The van der Waals surface area contributed by atoms with Crippen LogP contribution in [0.2, 0.25) is 5.02 Å². The highest BCUT2D eigenvalue weighted by molar-refractivity contribution is 7.89. The molecule has 1 amide bonds. The number of sulfonamides is 1. The van der Waals surface area contributed by atoms with Crippen molar-refractivity contribution in [3.8, 4) is 0 Å². The smallest absolute Gasteiger partial charge is 0.243 e. The van der Waals surface area contributed by atoms with Gasteiger partial charge in [-0.05, 0) is 18.6 Å². The van der Waals surface area contributed by atoms with Gasteiger partial charge in [0.2, 0.25) is 15.9 Å². The first-order valence-electron chi connectivity index (χ1n) is 5.83. The van der Waals surface area contributed by atoms with Crippen molar-refractivity contribution in [1.82, 2.24) is 10.0 Å². The molecule has 0 spiro atoms. The van der Waals surface area contributed by atoms with Gasteiger partial charge in [0.25, 0.3) is 0 Å². The van der Waals surface area contributed by atoms with Gasteiger partial charge in [0, 0.05) is 24.7 Å². The molecule has 0 aromatic heterocycles. The van der Waals surface area contributed by atoms with Crippen molar-refractivity contribution in [2.45, 2.75) is 23.8 Å². The highest BCUT2D eigenvalue weighted by Crippen LogP contribution is 2.25. The van der Waals surface area contributed by atoms with E-state index in [4.69, 9.17) is 17.3 Å². The van der Waals surface area contributed by atoms with Crippen molar-refractivity contribution in [2.75, 3.05) is 12.3 Å². The maximum absolute atomic E-state index is 13.8. The first-order chi connectivity index (χ1) is 9.29. The van der Waals surface area contributed by atoms with Crippen LogP contribution in [0.5, 0.6) is 0 Å². The third-order valence-electron chi connectivity index (χ3n) is 2.91. The largest absolute Gasteiger partial charge is 0.399 e. The third-order valence-corrected chi connectivity index (χ3v) is 4.61. The van der Waals surface area contributed by atoms with E-state index in [9.17, 15) is 17.6 Å². The summed E-state index contributed by atoms with van der Waals surface area (Å²) in [4.78, 5) is 10.4. The fraction of sp³-hybridized carbons (Fsp3) is 0.364. The Morgan fingerprint density at radius 3 is 2.80 bits per heavy atom. The van der Waals surface area contributed by atoms with Crippen molar-refractivity contribution >= 4 is 33.2 Å². The van der Waals surface area contributed by atoms with Crippen molar-refractivity contribution in [1.29, 1.82) is 0 Å². The number of nitrogen functional groups attached to an aromatic ring is 1. The van der Waals surface area contributed by atoms with E-state index < -0.39 is 20.7 Å². The molecule has 6 nitrogen and oxygen atoms in total. The topological polar surface area (TPSA) is 101 Å². The van der Waals surface area contributed by atoms with Crippen LogP contribution in [0.1, 0.15) is 12.8 Å². The number of benzene rings is 1. The minimum absolute atomic E-state index is 0.0140. The standard InChI is InChI=1S/C11H13ClFN3O3S/c12-8-3-6(14)4-9(11(8)13)20(18,19)15-5-7-1-2-10(17)16-7/h3-4,7,15H,1-2,5,14H2,(H,16,17). The summed E-state index contributed by atoms with van der Waals surface area (Å²) in [6.45, 7) is -0.0140. The second kappa shape index (κ2) is 5.55. The lowest BCUT2D eigenvalue weighted by molar-refractivity contribution is -0.119. The fourth-order valence-corrected chi connectivity index (χ4v) is 3.39. The molecule has 1 saturated heterocycles. The Labute approximate surface area is 120 Å². The van der Waals surface area contributed by atoms with Crippen LogP contribution in [-0.4, -0.2) is 26.9 Å². The normalized spacial score (nSPS) is 19.1. The van der Waals surface area contributed by atoms with Crippen molar-refractivity contribution < 1.29 is 17.6 Å². The Kier molecular flexibility index (Phi) is 4.17. The fourth-order valence-electron chi connectivity index (χ4n) is 1.90. The Bertz CT molecular complexity index is 651. The molecule has 9 heteroatoms. The lowest BCUT2D eigenvalue weighted by Crippen LogP contribution is -2.38. The summed E-state index contributed by atoms with van der Waals surface area (Å²) in [5, 5.41) is 2.24. The predicted octanol–water partition coefficient (Wildman–Crippen LogP) is 0.618. The van der Waals surface area contributed by atoms with Gasteiger partial charge in [0.15, 0.2) is 5.82 Å². The molecule has 0 bridgehead atoms. The minimum atomic E-state index is -4.08. The molecule has 4 N–H and O–H groups in total. The second-order valence-corrected chi connectivity index (χ2v) is 6.61. The molecule has 1 aliphatic heterocycles. The minimum Gasteiger partial charge on any atom is -0.399 e. The first kappa shape index (κ1) is 15.0. The molecule has 1 aromatic rings. The number of rotatable bonds is 4. The number of amides is 1.